The van der Waals surface area contributed by atoms with E-state index in [0.29, 0.717) is 0 Å². The van der Waals surface area contributed by atoms with Crippen LogP contribution in [-0.2, 0) is 6.42 Å². The molecule has 2 rings (SSSR count). The van der Waals surface area contributed by atoms with Crippen molar-refractivity contribution < 1.29 is 0 Å². The van der Waals surface area contributed by atoms with Crippen molar-refractivity contribution in [3.05, 3.63) is 58.1 Å². The maximum absolute atomic E-state index is 4.41. The summed E-state index contributed by atoms with van der Waals surface area (Å²) in [5, 5.41) is 3.33. The lowest BCUT2D eigenvalue weighted by Gasteiger charge is -2.16. The largest absolute Gasteiger partial charge is 0.313 e. The Hall–Kier alpha value is -1.26. The highest BCUT2D eigenvalue weighted by Crippen LogP contribution is 2.18. The molecule has 2 aromatic heterocycles. The van der Waals surface area contributed by atoms with Gasteiger partial charge in [0.2, 0.25) is 0 Å². The second-order valence-electron chi connectivity index (χ2n) is 4.24. The smallest absolute Gasteiger partial charge is 0.0423 e. The van der Waals surface area contributed by atoms with Crippen molar-refractivity contribution in [3.8, 4) is 0 Å². The Balaban J connectivity index is 2.17. The summed E-state index contributed by atoms with van der Waals surface area (Å²) in [5.41, 5.74) is 3.36. The molecule has 0 aliphatic carbocycles. The van der Waals surface area contributed by atoms with E-state index in [4.69, 9.17) is 0 Å². The van der Waals surface area contributed by atoms with E-state index >= 15 is 0 Å². The molecule has 0 saturated heterocycles. The molecule has 0 aromatic carbocycles. The van der Waals surface area contributed by atoms with Gasteiger partial charge < -0.3 is 5.32 Å². The number of nitrogens with one attached hydrogen (secondary N) is 1. The van der Waals surface area contributed by atoms with E-state index in [2.05, 4.69) is 37.3 Å². The predicted octanol–water partition coefficient (Wildman–Crippen LogP) is 3.05. The van der Waals surface area contributed by atoms with Crippen LogP contribution in [0.5, 0.6) is 0 Å². The van der Waals surface area contributed by atoms with Gasteiger partial charge in [-0.2, -0.15) is 0 Å². The van der Waals surface area contributed by atoms with Crippen molar-refractivity contribution in [2.24, 2.45) is 0 Å². The fraction of sp³-hybridized carbons (Fsp3) is 0.286. The van der Waals surface area contributed by atoms with Crippen LogP contribution in [0.3, 0.4) is 0 Å². The van der Waals surface area contributed by atoms with Gasteiger partial charge >= 0.3 is 0 Å². The van der Waals surface area contributed by atoms with Crippen molar-refractivity contribution in [1.29, 1.82) is 0 Å². The summed E-state index contributed by atoms with van der Waals surface area (Å²) in [5.74, 6) is 0. The molecule has 0 spiro atoms. The summed E-state index contributed by atoms with van der Waals surface area (Å²) in [6.07, 6.45) is 4.55. The minimum absolute atomic E-state index is 0.264. The third kappa shape index (κ3) is 3.37. The number of pyridine rings is 2. The lowest BCUT2D eigenvalue weighted by molar-refractivity contribution is 0.583. The molecular weight excluding hydrogens is 290 g/mol. The molecule has 1 unspecified atom stereocenters. The van der Waals surface area contributed by atoms with E-state index in [0.717, 1.165) is 22.3 Å². The molecule has 0 aliphatic rings. The van der Waals surface area contributed by atoms with Crippen LogP contribution in [0.2, 0.25) is 0 Å². The second-order valence-corrected chi connectivity index (χ2v) is 5.16. The molecule has 18 heavy (non-hydrogen) atoms. The average molecular weight is 306 g/mol. The Morgan fingerprint density at radius 1 is 1.28 bits per heavy atom. The highest BCUT2D eigenvalue weighted by atomic mass is 79.9. The SMILES string of the molecule is CNC(Cc1ccc(Br)cn1)c1ccnc(C)c1. The van der Waals surface area contributed by atoms with Crippen LogP contribution in [-0.4, -0.2) is 17.0 Å². The third-order valence-corrected chi connectivity index (χ3v) is 3.34. The van der Waals surface area contributed by atoms with E-state index < -0.39 is 0 Å². The molecule has 2 heterocycles. The molecule has 1 atom stereocenters. The normalized spacial score (nSPS) is 12.4. The van der Waals surface area contributed by atoms with E-state index in [1.54, 1.807) is 0 Å². The number of nitrogens with zero attached hydrogens (tertiary/aromatic N) is 2. The summed E-state index contributed by atoms with van der Waals surface area (Å²) in [6, 6.07) is 8.49. The predicted molar refractivity (Wildman–Crippen MR) is 76.4 cm³/mol. The van der Waals surface area contributed by atoms with Crippen LogP contribution in [0.25, 0.3) is 0 Å². The van der Waals surface area contributed by atoms with E-state index in [1.165, 1.54) is 5.56 Å². The minimum Gasteiger partial charge on any atom is -0.313 e. The van der Waals surface area contributed by atoms with Gasteiger partial charge in [-0.15, -0.1) is 0 Å². The first-order valence-electron chi connectivity index (χ1n) is 5.89. The molecule has 0 saturated carbocycles. The summed E-state index contributed by atoms with van der Waals surface area (Å²) in [6.45, 7) is 2.01. The first-order valence-corrected chi connectivity index (χ1v) is 6.68. The lowest BCUT2D eigenvalue weighted by Crippen LogP contribution is -2.19. The number of hydrogen-bond donors (Lipinski definition) is 1. The number of hydrogen-bond acceptors (Lipinski definition) is 3. The van der Waals surface area contributed by atoms with Crippen molar-refractivity contribution >= 4 is 15.9 Å². The number of likely N-dealkylation sites (N-methyl/N-ethyl adjacent to an activating group) is 1. The quantitative estimate of drug-likeness (QED) is 0.943. The Morgan fingerprint density at radius 3 is 2.72 bits per heavy atom. The van der Waals surface area contributed by atoms with Crippen LogP contribution in [0, 0.1) is 6.92 Å². The number of halogens is 1. The van der Waals surface area contributed by atoms with Crippen LogP contribution in [0.4, 0.5) is 0 Å². The average Bonchev–Trinajstić information content (AvgIpc) is 2.38. The molecule has 0 fully saturated rings. The first-order chi connectivity index (χ1) is 8.69. The summed E-state index contributed by atoms with van der Waals surface area (Å²) in [4.78, 5) is 8.64. The monoisotopic (exact) mass is 305 g/mol. The third-order valence-electron chi connectivity index (χ3n) is 2.87. The molecule has 2 aromatic rings. The van der Waals surface area contributed by atoms with Gasteiger partial charge in [-0.25, -0.2) is 0 Å². The van der Waals surface area contributed by atoms with Crippen LogP contribution < -0.4 is 5.32 Å². The zero-order chi connectivity index (χ0) is 13.0. The number of aryl methyl sites for hydroxylation is 1. The maximum atomic E-state index is 4.41. The molecule has 0 bridgehead atoms. The van der Waals surface area contributed by atoms with Crippen molar-refractivity contribution in [2.75, 3.05) is 7.05 Å². The summed E-state index contributed by atoms with van der Waals surface area (Å²) >= 11 is 3.40. The molecule has 0 aliphatic heterocycles. The molecule has 94 valence electrons. The molecule has 4 heteroatoms. The van der Waals surface area contributed by atoms with Gasteiger partial charge in [0, 0.05) is 40.7 Å². The van der Waals surface area contributed by atoms with E-state index in [-0.39, 0.29) is 6.04 Å². The fourth-order valence-electron chi connectivity index (χ4n) is 1.91. The summed E-state index contributed by atoms with van der Waals surface area (Å²) in [7, 11) is 1.97. The molecule has 3 nitrogen and oxygen atoms in total. The number of rotatable bonds is 4. The highest BCUT2D eigenvalue weighted by molar-refractivity contribution is 9.10. The topological polar surface area (TPSA) is 37.8 Å². The van der Waals surface area contributed by atoms with Crippen molar-refractivity contribution in [1.82, 2.24) is 15.3 Å². The zero-order valence-corrected chi connectivity index (χ0v) is 12.1. The van der Waals surface area contributed by atoms with Crippen LogP contribution in [0.15, 0.2) is 41.1 Å². The van der Waals surface area contributed by atoms with Gasteiger partial charge in [-0.05, 0) is 59.7 Å². The van der Waals surface area contributed by atoms with Gasteiger partial charge in [0.05, 0.1) is 0 Å². The fourth-order valence-corrected chi connectivity index (χ4v) is 2.14. The first kappa shape index (κ1) is 13.2. The van der Waals surface area contributed by atoms with Gasteiger partial charge in [0.15, 0.2) is 0 Å². The van der Waals surface area contributed by atoms with Gasteiger partial charge in [-0.1, -0.05) is 0 Å². The second kappa shape index (κ2) is 6.07. The van der Waals surface area contributed by atoms with Gasteiger partial charge in [-0.3, -0.25) is 9.97 Å². The Kier molecular flexibility index (Phi) is 4.44. The molecular formula is C14H16BrN3. The minimum atomic E-state index is 0.264. The van der Waals surface area contributed by atoms with E-state index in [1.807, 2.05) is 44.6 Å². The standard InChI is InChI=1S/C14H16BrN3/c1-10-7-11(5-6-17-10)14(16-2)8-13-4-3-12(15)9-18-13/h3-7,9,14,16H,8H2,1-2H3. The molecule has 1 N–H and O–H groups in total. The van der Waals surface area contributed by atoms with E-state index in [9.17, 15) is 0 Å². The highest BCUT2D eigenvalue weighted by Gasteiger charge is 2.11. The lowest BCUT2D eigenvalue weighted by atomic mass is 10.0. The summed E-state index contributed by atoms with van der Waals surface area (Å²) < 4.78 is 1.01. The van der Waals surface area contributed by atoms with Crippen molar-refractivity contribution in [3.63, 3.8) is 0 Å². The van der Waals surface area contributed by atoms with Gasteiger partial charge in [0.25, 0.3) is 0 Å². The Bertz CT molecular complexity index is 511. The van der Waals surface area contributed by atoms with Gasteiger partial charge in [0.1, 0.15) is 0 Å². The number of aromatic nitrogens is 2. The van der Waals surface area contributed by atoms with Crippen molar-refractivity contribution in [2.45, 2.75) is 19.4 Å². The Morgan fingerprint density at radius 2 is 2.11 bits per heavy atom. The molecule has 0 radical (unpaired) electrons. The molecule has 0 amide bonds. The zero-order valence-electron chi connectivity index (χ0n) is 10.5. The maximum Gasteiger partial charge on any atom is 0.0423 e. The van der Waals surface area contributed by atoms with Crippen LogP contribution >= 0.6 is 15.9 Å². The Labute approximate surface area is 116 Å². The van der Waals surface area contributed by atoms with Crippen LogP contribution in [0.1, 0.15) is 23.0 Å².